The van der Waals surface area contributed by atoms with E-state index in [0.717, 1.165) is 22.4 Å². The van der Waals surface area contributed by atoms with Gasteiger partial charge >= 0.3 is 0 Å². The Bertz CT molecular complexity index is 606. The van der Waals surface area contributed by atoms with Gasteiger partial charge in [-0.3, -0.25) is 0 Å². The van der Waals surface area contributed by atoms with Crippen molar-refractivity contribution in [3.8, 4) is 11.1 Å². The molecule has 0 bridgehead atoms. The lowest BCUT2D eigenvalue weighted by Crippen LogP contribution is -2.22. The fourth-order valence-corrected chi connectivity index (χ4v) is 2.46. The first-order chi connectivity index (χ1) is 11.3. The summed E-state index contributed by atoms with van der Waals surface area (Å²) in [6.07, 6.45) is -0.990. The van der Waals surface area contributed by atoms with E-state index in [4.69, 9.17) is 14.6 Å². The molecule has 23 heavy (non-hydrogen) atoms. The number of nitrogens with one attached hydrogen (secondary N) is 1. The highest BCUT2D eigenvalue weighted by atomic mass is 16.7. The third-order valence-electron chi connectivity index (χ3n) is 3.78. The van der Waals surface area contributed by atoms with Crippen molar-refractivity contribution in [3.63, 3.8) is 0 Å². The van der Waals surface area contributed by atoms with Crippen LogP contribution in [0.3, 0.4) is 0 Å². The van der Waals surface area contributed by atoms with E-state index in [1.54, 1.807) is 0 Å². The average molecular weight is 315 g/mol. The lowest BCUT2D eigenvalue weighted by molar-refractivity contribution is -0.0441. The van der Waals surface area contributed by atoms with Gasteiger partial charge in [-0.2, -0.15) is 0 Å². The molecule has 0 spiro atoms. The summed E-state index contributed by atoms with van der Waals surface area (Å²) in [7, 11) is 0. The maximum absolute atomic E-state index is 9.33. The van der Waals surface area contributed by atoms with Crippen LogP contribution in [0.15, 0.2) is 48.5 Å². The number of hydrogen-bond donors (Lipinski definition) is 3. The number of aliphatic hydroxyl groups is 2. The van der Waals surface area contributed by atoms with Crippen molar-refractivity contribution in [3.05, 3.63) is 54.1 Å². The monoisotopic (exact) mass is 315 g/mol. The summed E-state index contributed by atoms with van der Waals surface area (Å²) in [6, 6.07) is 16.1. The van der Waals surface area contributed by atoms with Crippen LogP contribution in [0.25, 0.3) is 11.1 Å². The summed E-state index contributed by atoms with van der Waals surface area (Å²) < 4.78 is 11.0. The number of anilines is 1. The van der Waals surface area contributed by atoms with Crippen LogP contribution in [-0.4, -0.2) is 42.7 Å². The zero-order valence-electron chi connectivity index (χ0n) is 12.8. The summed E-state index contributed by atoms with van der Waals surface area (Å²) in [4.78, 5) is 0. The second-order valence-corrected chi connectivity index (χ2v) is 5.49. The van der Waals surface area contributed by atoms with E-state index >= 15 is 0 Å². The Morgan fingerprint density at radius 1 is 0.957 bits per heavy atom. The lowest BCUT2D eigenvalue weighted by atomic mass is 10.0. The molecular weight excluding hydrogens is 294 g/mol. The first-order valence-corrected chi connectivity index (χ1v) is 7.72. The second kappa shape index (κ2) is 7.57. The minimum absolute atomic E-state index is 0.242. The van der Waals surface area contributed by atoms with Crippen LogP contribution < -0.4 is 5.32 Å². The molecule has 1 fully saturated rings. The van der Waals surface area contributed by atoms with E-state index in [1.165, 1.54) is 0 Å². The van der Waals surface area contributed by atoms with Gasteiger partial charge in [0.25, 0.3) is 0 Å². The van der Waals surface area contributed by atoms with E-state index in [0.29, 0.717) is 19.8 Å². The van der Waals surface area contributed by atoms with Gasteiger partial charge < -0.3 is 25.0 Å². The average Bonchev–Trinajstić information content (AvgIpc) is 3.15. The Kier molecular flexibility index (Phi) is 5.25. The van der Waals surface area contributed by atoms with Crippen LogP contribution in [0.2, 0.25) is 0 Å². The molecule has 0 saturated carbocycles. The van der Waals surface area contributed by atoms with E-state index in [9.17, 15) is 5.11 Å². The highest BCUT2D eigenvalue weighted by Crippen LogP contribution is 2.27. The third-order valence-corrected chi connectivity index (χ3v) is 3.78. The minimum atomic E-state index is -0.748. The number of benzene rings is 2. The topological polar surface area (TPSA) is 71.0 Å². The zero-order valence-corrected chi connectivity index (χ0v) is 12.8. The van der Waals surface area contributed by atoms with Gasteiger partial charge in [0.15, 0.2) is 6.29 Å². The second-order valence-electron chi connectivity index (χ2n) is 5.49. The summed E-state index contributed by atoms with van der Waals surface area (Å²) in [5, 5.41) is 21.2. The van der Waals surface area contributed by atoms with Crippen molar-refractivity contribution in [2.24, 2.45) is 0 Å². The van der Waals surface area contributed by atoms with E-state index < -0.39 is 6.10 Å². The summed E-state index contributed by atoms with van der Waals surface area (Å²) in [6.45, 7) is 1.37. The molecule has 1 heterocycles. The predicted octanol–water partition coefficient (Wildman–Crippen LogP) is 2.16. The van der Waals surface area contributed by atoms with E-state index in [-0.39, 0.29) is 12.9 Å². The molecule has 0 aliphatic carbocycles. The Morgan fingerprint density at radius 3 is 2.09 bits per heavy atom. The summed E-state index contributed by atoms with van der Waals surface area (Å²) in [5.74, 6) is 0. The maximum atomic E-state index is 9.33. The Morgan fingerprint density at radius 2 is 1.52 bits per heavy atom. The quantitative estimate of drug-likeness (QED) is 0.762. The molecule has 0 radical (unpaired) electrons. The van der Waals surface area contributed by atoms with Crippen molar-refractivity contribution in [1.82, 2.24) is 0 Å². The molecule has 1 atom stereocenters. The summed E-state index contributed by atoms with van der Waals surface area (Å²) in [5.41, 5.74) is 4.17. The smallest absolute Gasteiger partial charge is 0.184 e. The number of aliphatic hydroxyl groups excluding tert-OH is 2. The van der Waals surface area contributed by atoms with Gasteiger partial charge in [0.2, 0.25) is 0 Å². The Hall–Kier alpha value is -1.92. The molecule has 1 saturated heterocycles. The van der Waals surface area contributed by atoms with Crippen molar-refractivity contribution in [1.29, 1.82) is 0 Å². The first-order valence-electron chi connectivity index (χ1n) is 7.72. The minimum Gasteiger partial charge on any atom is -0.394 e. The summed E-state index contributed by atoms with van der Waals surface area (Å²) >= 11 is 0. The highest BCUT2D eigenvalue weighted by molar-refractivity contribution is 5.66. The molecule has 0 amide bonds. The molecule has 1 aliphatic rings. The molecule has 5 nitrogen and oxygen atoms in total. The van der Waals surface area contributed by atoms with Crippen LogP contribution in [-0.2, 0) is 9.47 Å². The van der Waals surface area contributed by atoms with Crippen LogP contribution in [0.4, 0.5) is 5.69 Å². The van der Waals surface area contributed by atoms with E-state index in [1.807, 2.05) is 36.4 Å². The highest BCUT2D eigenvalue weighted by Gasteiger charge is 2.17. The third kappa shape index (κ3) is 4.09. The van der Waals surface area contributed by atoms with Crippen LogP contribution >= 0.6 is 0 Å². The molecule has 5 heteroatoms. The van der Waals surface area contributed by atoms with Gasteiger partial charge in [-0.05, 0) is 23.3 Å². The standard InChI is InChI=1S/C18H21NO4/c20-12-17(21)11-19-16-7-5-14(6-8-16)13-1-3-15(4-2-13)18-22-9-10-23-18/h1-8,17-21H,9-12H2. The number of ether oxygens (including phenoxy) is 2. The Balaban J connectivity index is 1.64. The Labute approximate surface area is 135 Å². The van der Waals surface area contributed by atoms with Crippen LogP contribution in [0.5, 0.6) is 0 Å². The zero-order chi connectivity index (χ0) is 16.1. The van der Waals surface area contributed by atoms with Gasteiger partial charge in [0, 0.05) is 17.8 Å². The number of rotatable bonds is 6. The molecule has 1 aliphatic heterocycles. The van der Waals surface area contributed by atoms with Gasteiger partial charge in [-0.1, -0.05) is 36.4 Å². The van der Waals surface area contributed by atoms with Gasteiger partial charge in [0.1, 0.15) is 0 Å². The largest absolute Gasteiger partial charge is 0.394 e. The van der Waals surface area contributed by atoms with Crippen LogP contribution in [0.1, 0.15) is 11.9 Å². The predicted molar refractivity (Wildman–Crippen MR) is 88.1 cm³/mol. The molecule has 0 aromatic heterocycles. The van der Waals surface area contributed by atoms with Crippen molar-refractivity contribution in [2.75, 3.05) is 31.7 Å². The number of hydrogen-bond acceptors (Lipinski definition) is 5. The van der Waals surface area contributed by atoms with Crippen molar-refractivity contribution >= 4 is 5.69 Å². The fourth-order valence-electron chi connectivity index (χ4n) is 2.46. The molecule has 3 rings (SSSR count). The molecule has 2 aromatic carbocycles. The molecule has 122 valence electrons. The molecule has 3 N–H and O–H groups in total. The first kappa shape index (κ1) is 16.0. The lowest BCUT2D eigenvalue weighted by Gasteiger charge is -2.12. The molecular formula is C18H21NO4. The fraction of sp³-hybridized carbons (Fsp3) is 0.333. The van der Waals surface area contributed by atoms with Gasteiger partial charge in [-0.25, -0.2) is 0 Å². The molecule has 2 aromatic rings. The van der Waals surface area contributed by atoms with Crippen LogP contribution in [0, 0.1) is 0 Å². The van der Waals surface area contributed by atoms with Gasteiger partial charge in [-0.15, -0.1) is 0 Å². The van der Waals surface area contributed by atoms with Crippen molar-refractivity contribution in [2.45, 2.75) is 12.4 Å². The van der Waals surface area contributed by atoms with E-state index in [2.05, 4.69) is 17.4 Å². The molecule has 1 unspecified atom stereocenters. The normalized spacial score (nSPS) is 16.4. The maximum Gasteiger partial charge on any atom is 0.184 e. The SMILES string of the molecule is OCC(O)CNc1ccc(-c2ccc(C3OCCO3)cc2)cc1. The van der Waals surface area contributed by atoms with Crippen molar-refractivity contribution < 1.29 is 19.7 Å². The van der Waals surface area contributed by atoms with Gasteiger partial charge in [0.05, 0.1) is 25.9 Å².